The van der Waals surface area contributed by atoms with Crippen LogP contribution in [-0.2, 0) is 0 Å². The van der Waals surface area contributed by atoms with Gasteiger partial charge in [0.15, 0.2) is 0 Å². The molecule has 0 aliphatic carbocycles. The maximum absolute atomic E-state index is 5.49. The van der Waals surface area contributed by atoms with Crippen molar-refractivity contribution >= 4 is 15.9 Å². The fourth-order valence-electron chi connectivity index (χ4n) is 2.02. The van der Waals surface area contributed by atoms with Crippen LogP contribution < -0.4 is 5.32 Å². The Morgan fingerprint density at radius 3 is 2.59 bits per heavy atom. The van der Waals surface area contributed by atoms with E-state index in [1.54, 1.807) is 6.26 Å². The Hall–Kier alpha value is -1.06. The molecular weight excluding hydrogens is 278 g/mol. The van der Waals surface area contributed by atoms with E-state index in [-0.39, 0.29) is 6.04 Å². The first kappa shape index (κ1) is 12.4. The van der Waals surface area contributed by atoms with E-state index in [9.17, 15) is 0 Å². The van der Waals surface area contributed by atoms with Crippen molar-refractivity contribution in [1.82, 2.24) is 5.32 Å². The summed E-state index contributed by atoms with van der Waals surface area (Å²) in [5.74, 6) is 0.942. The molecule has 1 heterocycles. The van der Waals surface area contributed by atoms with Crippen molar-refractivity contribution in [3.8, 4) is 0 Å². The smallest absolute Gasteiger partial charge is 0.125 e. The molecule has 1 atom stereocenters. The third kappa shape index (κ3) is 2.45. The van der Waals surface area contributed by atoms with Crippen LogP contribution in [0.2, 0.25) is 0 Å². The number of benzene rings is 1. The summed E-state index contributed by atoms with van der Waals surface area (Å²) in [6, 6.07) is 8.37. The molecule has 0 amide bonds. The molecule has 0 aliphatic heterocycles. The van der Waals surface area contributed by atoms with Crippen LogP contribution in [0.1, 0.15) is 28.5 Å². The number of nitrogens with one attached hydrogen (secondary N) is 1. The van der Waals surface area contributed by atoms with Gasteiger partial charge in [-0.2, -0.15) is 0 Å². The predicted octanol–water partition coefficient (Wildman–Crippen LogP) is 3.97. The lowest BCUT2D eigenvalue weighted by Gasteiger charge is -2.18. The highest BCUT2D eigenvalue weighted by Crippen LogP contribution is 2.29. The van der Waals surface area contributed by atoms with E-state index >= 15 is 0 Å². The summed E-state index contributed by atoms with van der Waals surface area (Å²) in [7, 11) is 1.95. The fourth-order valence-corrected chi connectivity index (χ4v) is 2.48. The van der Waals surface area contributed by atoms with E-state index in [0.29, 0.717) is 0 Å². The second-order valence-corrected chi connectivity index (χ2v) is 5.05. The summed E-state index contributed by atoms with van der Waals surface area (Å²) in [5, 5.41) is 3.30. The Balaban J connectivity index is 2.48. The van der Waals surface area contributed by atoms with Gasteiger partial charge in [-0.1, -0.05) is 22.0 Å². The molecule has 17 heavy (non-hydrogen) atoms. The van der Waals surface area contributed by atoms with E-state index in [4.69, 9.17) is 4.42 Å². The molecule has 0 radical (unpaired) electrons. The van der Waals surface area contributed by atoms with Crippen molar-refractivity contribution in [2.45, 2.75) is 19.9 Å². The van der Waals surface area contributed by atoms with Gasteiger partial charge in [0, 0.05) is 4.47 Å². The van der Waals surface area contributed by atoms with Gasteiger partial charge < -0.3 is 9.73 Å². The van der Waals surface area contributed by atoms with Crippen LogP contribution >= 0.6 is 15.9 Å². The number of halogens is 1. The first-order valence-electron chi connectivity index (χ1n) is 5.60. The Bertz CT molecular complexity index is 505. The van der Waals surface area contributed by atoms with Crippen molar-refractivity contribution in [3.05, 3.63) is 57.5 Å². The van der Waals surface area contributed by atoms with Gasteiger partial charge in [-0.05, 0) is 55.8 Å². The third-order valence-corrected chi connectivity index (χ3v) is 3.83. The maximum Gasteiger partial charge on any atom is 0.125 e. The molecule has 1 N–H and O–H groups in total. The molecule has 1 aromatic carbocycles. The quantitative estimate of drug-likeness (QED) is 0.926. The average Bonchev–Trinajstić information content (AvgIpc) is 2.80. The van der Waals surface area contributed by atoms with Gasteiger partial charge in [0.25, 0.3) is 0 Å². The third-order valence-electron chi connectivity index (χ3n) is 2.97. The Kier molecular flexibility index (Phi) is 3.69. The number of hydrogen-bond acceptors (Lipinski definition) is 2. The molecule has 2 aromatic rings. The van der Waals surface area contributed by atoms with Crippen molar-refractivity contribution in [2.75, 3.05) is 7.05 Å². The first-order chi connectivity index (χ1) is 8.13. The summed E-state index contributed by atoms with van der Waals surface area (Å²) in [4.78, 5) is 0. The molecule has 1 unspecified atom stereocenters. The van der Waals surface area contributed by atoms with Crippen molar-refractivity contribution < 1.29 is 4.42 Å². The molecule has 0 saturated carbocycles. The van der Waals surface area contributed by atoms with Crippen molar-refractivity contribution in [3.63, 3.8) is 0 Å². The fraction of sp³-hybridized carbons (Fsp3) is 0.286. The summed E-state index contributed by atoms with van der Waals surface area (Å²) in [5.41, 5.74) is 3.73. The zero-order chi connectivity index (χ0) is 12.4. The Labute approximate surface area is 110 Å². The molecule has 2 rings (SSSR count). The lowest BCUT2D eigenvalue weighted by molar-refractivity contribution is 0.462. The lowest BCUT2D eigenvalue weighted by Crippen LogP contribution is -2.18. The minimum absolute atomic E-state index is 0.108. The van der Waals surface area contributed by atoms with Gasteiger partial charge in [-0.3, -0.25) is 0 Å². The van der Waals surface area contributed by atoms with Gasteiger partial charge in [0.2, 0.25) is 0 Å². The molecule has 0 aliphatic rings. The molecule has 0 fully saturated rings. The molecule has 2 nitrogen and oxygen atoms in total. The Morgan fingerprint density at radius 2 is 2.00 bits per heavy atom. The monoisotopic (exact) mass is 293 g/mol. The maximum atomic E-state index is 5.49. The van der Waals surface area contributed by atoms with E-state index in [0.717, 1.165) is 10.2 Å². The average molecular weight is 294 g/mol. The lowest BCUT2D eigenvalue weighted by atomic mass is 9.97. The van der Waals surface area contributed by atoms with Crippen LogP contribution in [-0.4, -0.2) is 7.05 Å². The van der Waals surface area contributed by atoms with E-state index in [1.807, 2.05) is 19.2 Å². The van der Waals surface area contributed by atoms with Crippen LogP contribution in [0.25, 0.3) is 0 Å². The Morgan fingerprint density at radius 1 is 1.24 bits per heavy atom. The molecule has 0 bridgehead atoms. The van der Waals surface area contributed by atoms with Crippen LogP contribution in [0, 0.1) is 13.8 Å². The van der Waals surface area contributed by atoms with Crippen molar-refractivity contribution in [1.29, 1.82) is 0 Å². The molecular formula is C14H16BrNO. The summed E-state index contributed by atoms with van der Waals surface area (Å²) in [6.45, 7) is 4.22. The first-order valence-corrected chi connectivity index (χ1v) is 6.40. The number of hydrogen-bond donors (Lipinski definition) is 1. The largest absolute Gasteiger partial charge is 0.467 e. The van der Waals surface area contributed by atoms with Crippen LogP contribution in [0.5, 0.6) is 0 Å². The molecule has 0 saturated heterocycles. The number of rotatable bonds is 3. The summed E-state index contributed by atoms with van der Waals surface area (Å²) < 4.78 is 6.64. The second-order valence-electron chi connectivity index (χ2n) is 4.20. The molecule has 90 valence electrons. The van der Waals surface area contributed by atoms with E-state index < -0.39 is 0 Å². The van der Waals surface area contributed by atoms with Crippen molar-refractivity contribution in [2.24, 2.45) is 0 Å². The highest BCUT2D eigenvalue weighted by atomic mass is 79.9. The zero-order valence-corrected chi connectivity index (χ0v) is 11.8. The standard InChI is InChI=1S/C14H16BrNO/c1-9-8-12(15)10(2)7-11(9)14(16-3)13-5-4-6-17-13/h4-8,14,16H,1-3H3. The molecule has 3 heteroatoms. The predicted molar refractivity (Wildman–Crippen MR) is 73.2 cm³/mol. The van der Waals surface area contributed by atoms with Crippen LogP contribution in [0.3, 0.4) is 0 Å². The van der Waals surface area contributed by atoms with Crippen LogP contribution in [0.15, 0.2) is 39.4 Å². The summed E-state index contributed by atoms with van der Waals surface area (Å²) in [6.07, 6.45) is 1.71. The topological polar surface area (TPSA) is 25.2 Å². The van der Waals surface area contributed by atoms with E-state index in [1.165, 1.54) is 16.7 Å². The van der Waals surface area contributed by atoms with E-state index in [2.05, 4.69) is 47.2 Å². The SMILES string of the molecule is CNC(c1ccco1)c1cc(C)c(Br)cc1C. The van der Waals surface area contributed by atoms with Gasteiger partial charge in [0.1, 0.15) is 5.76 Å². The summed E-state index contributed by atoms with van der Waals surface area (Å²) >= 11 is 3.56. The number of aryl methyl sites for hydroxylation is 2. The van der Waals surface area contributed by atoms with Gasteiger partial charge in [0.05, 0.1) is 12.3 Å². The minimum atomic E-state index is 0.108. The van der Waals surface area contributed by atoms with Gasteiger partial charge >= 0.3 is 0 Å². The van der Waals surface area contributed by atoms with Gasteiger partial charge in [-0.15, -0.1) is 0 Å². The van der Waals surface area contributed by atoms with Gasteiger partial charge in [-0.25, -0.2) is 0 Å². The highest BCUT2D eigenvalue weighted by molar-refractivity contribution is 9.10. The molecule has 0 spiro atoms. The van der Waals surface area contributed by atoms with Crippen LogP contribution in [0.4, 0.5) is 0 Å². The number of furan rings is 1. The normalized spacial score (nSPS) is 12.7. The minimum Gasteiger partial charge on any atom is -0.467 e. The zero-order valence-electron chi connectivity index (χ0n) is 10.3. The second kappa shape index (κ2) is 5.07. The highest BCUT2D eigenvalue weighted by Gasteiger charge is 2.17. The molecule has 1 aromatic heterocycles.